The number of hydrogen-bond acceptors (Lipinski definition) is 2. The van der Waals surface area contributed by atoms with Crippen molar-refractivity contribution in [2.45, 2.75) is 46.0 Å². The molecule has 1 aliphatic rings. The van der Waals surface area contributed by atoms with Crippen molar-refractivity contribution in [3.63, 3.8) is 0 Å². The molecule has 2 aromatic carbocycles. The van der Waals surface area contributed by atoms with Gasteiger partial charge in [0.1, 0.15) is 0 Å². The van der Waals surface area contributed by atoms with E-state index in [1.807, 2.05) is 31.2 Å². The highest BCUT2D eigenvalue weighted by Gasteiger charge is 2.09. The highest BCUT2D eigenvalue weighted by atomic mass is 16.5. The van der Waals surface area contributed by atoms with Gasteiger partial charge in [0.25, 0.3) is 0 Å². The van der Waals surface area contributed by atoms with Crippen LogP contribution in [0, 0.1) is 0 Å². The Bertz CT molecular complexity index is 769. The average molecular weight is 334 g/mol. The predicted molar refractivity (Wildman–Crippen MR) is 104 cm³/mol. The van der Waals surface area contributed by atoms with Crippen LogP contribution >= 0.6 is 0 Å². The van der Waals surface area contributed by atoms with Crippen molar-refractivity contribution in [1.29, 1.82) is 0 Å². The van der Waals surface area contributed by atoms with Gasteiger partial charge in [-0.25, -0.2) is 4.79 Å². The summed E-state index contributed by atoms with van der Waals surface area (Å²) in [5.41, 5.74) is 7.27. The van der Waals surface area contributed by atoms with Crippen molar-refractivity contribution < 1.29 is 9.53 Å². The fourth-order valence-corrected chi connectivity index (χ4v) is 3.42. The van der Waals surface area contributed by atoms with Gasteiger partial charge < -0.3 is 4.74 Å². The van der Waals surface area contributed by atoms with Crippen molar-refractivity contribution in [1.82, 2.24) is 0 Å². The van der Waals surface area contributed by atoms with E-state index in [2.05, 4.69) is 31.2 Å². The molecule has 0 fully saturated rings. The van der Waals surface area contributed by atoms with Crippen LogP contribution in [0.3, 0.4) is 0 Å². The Labute approximate surface area is 150 Å². The lowest BCUT2D eigenvalue weighted by atomic mass is 9.96. The summed E-state index contributed by atoms with van der Waals surface area (Å²) in [7, 11) is 0. The van der Waals surface area contributed by atoms with Gasteiger partial charge in [-0.1, -0.05) is 42.8 Å². The number of carbonyl (C=O) groups is 1. The van der Waals surface area contributed by atoms with E-state index in [1.54, 1.807) is 0 Å². The molecule has 0 bridgehead atoms. The van der Waals surface area contributed by atoms with Gasteiger partial charge in [0.2, 0.25) is 0 Å². The summed E-state index contributed by atoms with van der Waals surface area (Å²) in [5, 5.41) is 0. The highest BCUT2D eigenvalue weighted by Crippen LogP contribution is 2.25. The number of hydrogen-bond donors (Lipinski definition) is 0. The quantitative estimate of drug-likeness (QED) is 0.408. The Kier molecular flexibility index (Phi) is 5.70. The zero-order chi connectivity index (χ0) is 17.6. The molecule has 3 rings (SSSR count). The summed E-state index contributed by atoms with van der Waals surface area (Å²) in [6.45, 7) is 4.37. The van der Waals surface area contributed by atoms with Gasteiger partial charge in [-0.3, -0.25) is 0 Å². The maximum Gasteiger partial charge on any atom is 0.338 e. The first-order chi connectivity index (χ1) is 12.2. The summed E-state index contributed by atoms with van der Waals surface area (Å²) in [6.07, 6.45) is 8.54. The molecule has 0 unspecified atom stereocenters. The normalized spacial score (nSPS) is 14.6. The minimum absolute atomic E-state index is 0.263. The Morgan fingerprint density at radius 1 is 0.960 bits per heavy atom. The third kappa shape index (κ3) is 4.39. The second kappa shape index (κ2) is 8.15. The van der Waals surface area contributed by atoms with Gasteiger partial charge in [-0.15, -0.1) is 0 Å². The number of allylic oxidation sites excluding steroid dienone is 1. The first kappa shape index (κ1) is 17.5. The largest absolute Gasteiger partial charge is 0.462 e. The Hall–Kier alpha value is -2.35. The van der Waals surface area contributed by atoms with Crippen LogP contribution < -0.4 is 0 Å². The third-order valence-electron chi connectivity index (χ3n) is 4.86. The summed E-state index contributed by atoms with van der Waals surface area (Å²) in [5.74, 6) is -0.263. The lowest BCUT2D eigenvalue weighted by Gasteiger charge is -2.10. The van der Waals surface area contributed by atoms with Crippen LogP contribution in [0.1, 0.15) is 65.7 Å². The Morgan fingerprint density at radius 2 is 1.64 bits per heavy atom. The summed E-state index contributed by atoms with van der Waals surface area (Å²) < 4.78 is 5.03. The molecule has 2 heteroatoms. The SMILES string of the molecule is CCOC(=O)c1ccc(/C=C(\C)c2ccc3c(c2)CCCCC3)cc1. The van der Waals surface area contributed by atoms with E-state index in [0.717, 1.165) is 5.56 Å². The van der Waals surface area contributed by atoms with Crippen molar-refractivity contribution in [2.24, 2.45) is 0 Å². The first-order valence-electron chi connectivity index (χ1n) is 9.25. The molecule has 0 heterocycles. The molecule has 25 heavy (non-hydrogen) atoms. The van der Waals surface area contributed by atoms with E-state index < -0.39 is 0 Å². The number of esters is 1. The van der Waals surface area contributed by atoms with E-state index in [-0.39, 0.29) is 5.97 Å². The van der Waals surface area contributed by atoms with Crippen LogP contribution in [0.15, 0.2) is 42.5 Å². The number of carbonyl (C=O) groups excluding carboxylic acids is 1. The van der Waals surface area contributed by atoms with E-state index in [9.17, 15) is 4.79 Å². The van der Waals surface area contributed by atoms with E-state index in [1.165, 1.54) is 54.4 Å². The van der Waals surface area contributed by atoms with Gasteiger partial charge in [0.05, 0.1) is 12.2 Å². The fourth-order valence-electron chi connectivity index (χ4n) is 3.42. The maximum atomic E-state index is 11.7. The molecule has 0 amide bonds. The lowest BCUT2D eigenvalue weighted by molar-refractivity contribution is 0.0526. The molecule has 0 aliphatic heterocycles. The molecule has 1 aliphatic carbocycles. The standard InChI is InChI=1S/C23H26O2/c1-3-25-23(24)20-11-9-18(10-12-20)15-17(2)21-14-13-19-7-5-4-6-8-22(19)16-21/h9-16H,3-8H2,1-2H3/b17-15+. The van der Waals surface area contributed by atoms with Crippen LogP contribution in [-0.2, 0) is 17.6 Å². The maximum absolute atomic E-state index is 11.7. The van der Waals surface area contributed by atoms with Crippen LogP contribution in [0.25, 0.3) is 11.6 Å². The number of benzene rings is 2. The second-order valence-corrected chi connectivity index (χ2v) is 6.71. The van der Waals surface area contributed by atoms with E-state index in [4.69, 9.17) is 4.74 Å². The molecule has 0 radical (unpaired) electrons. The molecule has 0 saturated heterocycles. The number of rotatable bonds is 4. The molecule has 0 N–H and O–H groups in total. The summed E-state index contributed by atoms with van der Waals surface area (Å²) in [6, 6.07) is 14.5. The molecular formula is C23H26O2. The van der Waals surface area contributed by atoms with Gasteiger partial charge in [-0.2, -0.15) is 0 Å². The number of ether oxygens (including phenoxy) is 1. The Balaban J connectivity index is 1.79. The first-order valence-corrected chi connectivity index (χ1v) is 9.25. The van der Waals surface area contributed by atoms with E-state index in [0.29, 0.717) is 12.2 Å². The van der Waals surface area contributed by atoms with Crippen LogP contribution in [-0.4, -0.2) is 12.6 Å². The molecule has 130 valence electrons. The summed E-state index contributed by atoms with van der Waals surface area (Å²) in [4.78, 5) is 11.7. The molecule has 2 aromatic rings. The van der Waals surface area contributed by atoms with Gasteiger partial charge in [0.15, 0.2) is 0 Å². The van der Waals surface area contributed by atoms with E-state index >= 15 is 0 Å². The molecule has 2 nitrogen and oxygen atoms in total. The number of fused-ring (bicyclic) bond motifs is 1. The Morgan fingerprint density at radius 3 is 2.36 bits per heavy atom. The zero-order valence-corrected chi connectivity index (χ0v) is 15.2. The van der Waals surface area contributed by atoms with Crippen molar-refractivity contribution in [3.05, 3.63) is 70.3 Å². The average Bonchev–Trinajstić information content (AvgIpc) is 2.87. The third-order valence-corrected chi connectivity index (χ3v) is 4.86. The zero-order valence-electron chi connectivity index (χ0n) is 15.2. The van der Waals surface area contributed by atoms with Gasteiger partial charge in [0, 0.05) is 0 Å². The van der Waals surface area contributed by atoms with Crippen LogP contribution in [0.4, 0.5) is 0 Å². The van der Waals surface area contributed by atoms with Crippen molar-refractivity contribution in [2.75, 3.05) is 6.61 Å². The summed E-state index contributed by atoms with van der Waals surface area (Å²) >= 11 is 0. The second-order valence-electron chi connectivity index (χ2n) is 6.71. The topological polar surface area (TPSA) is 26.3 Å². The molecular weight excluding hydrogens is 308 g/mol. The molecule has 0 aromatic heterocycles. The van der Waals surface area contributed by atoms with Crippen molar-refractivity contribution in [3.8, 4) is 0 Å². The predicted octanol–water partition coefficient (Wildman–Crippen LogP) is 5.69. The minimum Gasteiger partial charge on any atom is -0.462 e. The monoisotopic (exact) mass is 334 g/mol. The smallest absolute Gasteiger partial charge is 0.338 e. The number of aryl methyl sites for hydroxylation is 2. The van der Waals surface area contributed by atoms with Gasteiger partial charge >= 0.3 is 5.97 Å². The van der Waals surface area contributed by atoms with Gasteiger partial charge in [-0.05, 0) is 79.5 Å². The fraction of sp³-hybridized carbons (Fsp3) is 0.348. The molecule has 0 spiro atoms. The minimum atomic E-state index is -0.263. The van der Waals surface area contributed by atoms with Crippen molar-refractivity contribution >= 4 is 17.6 Å². The van der Waals surface area contributed by atoms with Crippen LogP contribution in [0.2, 0.25) is 0 Å². The lowest BCUT2D eigenvalue weighted by Crippen LogP contribution is -2.03. The van der Waals surface area contributed by atoms with Crippen LogP contribution in [0.5, 0.6) is 0 Å². The molecule has 0 saturated carbocycles. The highest BCUT2D eigenvalue weighted by molar-refractivity contribution is 5.90. The molecule has 0 atom stereocenters.